The molecule has 1 aliphatic carbocycles. The van der Waals surface area contributed by atoms with Gasteiger partial charge in [0.1, 0.15) is 5.56 Å². The molecule has 0 spiro atoms. The smallest absolute Gasteiger partial charge is 0.259 e. The van der Waals surface area contributed by atoms with Crippen LogP contribution < -0.4 is 10.5 Å². The molecule has 1 heterocycles. The van der Waals surface area contributed by atoms with Gasteiger partial charge >= 0.3 is 0 Å². The minimum absolute atomic E-state index is 0.0256. The van der Waals surface area contributed by atoms with Gasteiger partial charge in [-0.05, 0) is 25.0 Å². The Morgan fingerprint density at radius 1 is 1.53 bits per heavy atom. The topological polar surface area (TPSA) is 68.5 Å². The van der Waals surface area contributed by atoms with Crippen molar-refractivity contribution in [1.29, 1.82) is 0 Å². The largest absolute Gasteiger partial charge is 0.480 e. The van der Waals surface area contributed by atoms with Crippen molar-refractivity contribution in [1.82, 2.24) is 9.88 Å². The lowest BCUT2D eigenvalue weighted by atomic mass is 10.1. The van der Waals surface area contributed by atoms with Gasteiger partial charge in [-0.2, -0.15) is 0 Å². The number of nitrogens with two attached hydrogens (primary N) is 1. The van der Waals surface area contributed by atoms with Crippen LogP contribution in [0, 0.1) is 0 Å². The summed E-state index contributed by atoms with van der Waals surface area (Å²) in [7, 11) is 1.53. The molecule has 1 aliphatic rings. The van der Waals surface area contributed by atoms with E-state index in [1.807, 2.05) is 4.90 Å². The minimum atomic E-state index is -0.0256. The summed E-state index contributed by atoms with van der Waals surface area (Å²) in [6, 6.07) is 3.82. The van der Waals surface area contributed by atoms with Crippen molar-refractivity contribution < 1.29 is 9.53 Å². The van der Waals surface area contributed by atoms with Crippen LogP contribution in [0.25, 0.3) is 0 Å². The Morgan fingerprint density at radius 2 is 2.26 bits per heavy atom. The second-order valence-electron chi connectivity index (χ2n) is 4.79. The monoisotopic (exact) mass is 263 g/mol. The summed E-state index contributed by atoms with van der Waals surface area (Å²) in [4.78, 5) is 18.6. The molecule has 5 heteroatoms. The van der Waals surface area contributed by atoms with Crippen LogP contribution in [0.15, 0.2) is 18.3 Å². The molecule has 2 rings (SSSR count). The first-order valence-corrected chi connectivity index (χ1v) is 6.78. The van der Waals surface area contributed by atoms with Crippen LogP contribution in [0.1, 0.15) is 36.0 Å². The Balaban J connectivity index is 2.22. The Kier molecular flexibility index (Phi) is 4.74. The van der Waals surface area contributed by atoms with Crippen molar-refractivity contribution in [2.75, 3.05) is 20.2 Å². The lowest BCUT2D eigenvalue weighted by Gasteiger charge is -2.28. The Morgan fingerprint density at radius 3 is 2.89 bits per heavy atom. The summed E-state index contributed by atoms with van der Waals surface area (Å²) >= 11 is 0. The van der Waals surface area contributed by atoms with E-state index in [0.717, 1.165) is 12.8 Å². The van der Waals surface area contributed by atoms with Crippen molar-refractivity contribution in [3.05, 3.63) is 23.9 Å². The van der Waals surface area contributed by atoms with E-state index in [2.05, 4.69) is 4.98 Å². The maximum Gasteiger partial charge on any atom is 0.259 e. The minimum Gasteiger partial charge on any atom is -0.480 e. The highest BCUT2D eigenvalue weighted by Gasteiger charge is 2.28. The quantitative estimate of drug-likeness (QED) is 0.872. The summed E-state index contributed by atoms with van der Waals surface area (Å²) in [5.74, 6) is 0.356. The predicted molar refractivity (Wildman–Crippen MR) is 73.1 cm³/mol. The number of nitrogens with zero attached hydrogens (tertiary/aromatic N) is 2. The third kappa shape index (κ3) is 3.04. The molecule has 0 aromatic carbocycles. The van der Waals surface area contributed by atoms with Gasteiger partial charge in [0.25, 0.3) is 5.91 Å². The highest BCUT2D eigenvalue weighted by atomic mass is 16.5. The molecule has 0 aliphatic heterocycles. The van der Waals surface area contributed by atoms with E-state index < -0.39 is 0 Å². The zero-order valence-electron chi connectivity index (χ0n) is 11.3. The number of methoxy groups -OCH3 is 1. The number of ether oxygens (including phenoxy) is 1. The molecule has 5 nitrogen and oxygen atoms in total. The molecule has 0 bridgehead atoms. The average Bonchev–Trinajstić information content (AvgIpc) is 2.98. The zero-order chi connectivity index (χ0) is 13.7. The molecule has 2 N–H and O–H groups in total. The fourth-order valence-corrected chi connectivity index (χ4v) is 2.68. The van der Waals surface area contributed by atoms with Gasteiger partial charge in [-0.15, -0.1) is 0 Å². The lowest BCUT2D eigenvalue weighted by Crippen LogP contribution is -2.42. The third-order valence-corrected chi connectivity index (χ3v) is 3.59. The van der Waals surface area contributed by atoms with Gasteiger partial charge in [-0.1, -0.05) is 12.8 Å². The van der Waals surface area contributed by atoms with E-state index in [1.54, 1.807) is 18.3 Å². The molecule has 0 atom stereocenters. The van der Waals surface area contributed by atoms with E-state index in [4.69, 9.17) is 10.5 Å². The number of hydrogen-bond acceptors (Lipinski definition) is 4. The van der Waals surface area contributed by atoms with Crippen LogP contribution in [0.4, 0.5) is 0 Å². The van der Waals surface area contributed by atoms with Gasteiger partial charge in [0.2, 0.25) is 5.88 Å². The van der Waals surface area contributed by atoms with Crippen molar-refractivity contribution in [2.24, 2.45) is 5.73 Å². The van der Waals surface area contributed by atoms with Crippen LogP contribution in [-0.4, -0.2) is 42.0 Å². The second kappa shape index (κ2) is 6.52. The number of pyridine rings is 1. The molecular formula is C14H21N3O2. The molecule has 1 fully saturated rings. The van der Waals surface area contributed by atoms with Gasteiger partial charge < -0.3 is 15.4 Å². The van der Waals surface area contributed by atoms with Gasteiger partial charge in [-0.25, -0.2) is 4.98 Å². The first-order valence-electron chi connectivity index (χ1n) is 6.78. The molecule has 0 radical (unpaired) electrons. The van der Waals surface area contributed by atoms with Gasteiger partial charge in [0.15, 0.2) is 0 Å². The highest BCUT2D eigenvalue weighted by Crippen LogP contribution is 2.26. The molecule has 1 aromatic heterocycles. The van der Waals surface area contributed by atoms with Crippen LogP contribution in [-0.2, 0) is 0 Å². The Bertz CT molecular complexity index is 430. The van der Waals surface area contributed by atoms with Crippen molar-refractivity contribution in [3.63, 3.8) is 0 Å². The molecule has 19 heavy (non-hydrogen) atoms. The van der Waals surface area contributed by atoms with Gasteiger partial charge in [0.05, 0.1) is 7.11 Å². The van der Waals surface area contributed by atoms with Gasteiger partial charge in [0, 0.05) is 25.3 Å². The Hall–Kier alpha value is -1.62. The lowest BCUT2D eigenvalue weighted by molar-refractivity contribution is 0.0684. The fraction of sp³-hybridized carbons (Fsp3) is 0.571. The first-order chi connectivity index (χ1) is 9.27. The van der Waals surface area contributed by atoms with Gasteiger partial charge in [-0.3, -0.25) is 4.79 Å². The van der Waals surface area contributed by atoms with Crippen LogP contribution >= 0.6 is 0 Å². The number of amides is 1. The maximum absolute atomic E-state index is 12.7. The van der Waals surface area contributed by atoms with E-state index in [0.29, 0.717) is 30.6 Å². The molecule has 1 aromatic rings. The number of rotatable bonds is 5. The molecule has 0 unspecified atom stereocenters. The number of carbonyl (C=O) groups excluding carboxylic acids is 1. The van der Waals surface area contributed by atoms with Crippen LogP contribution in [0.5, 0.6) is 5.88 Å². The molecule has 0 saturated heterocycles. The highest BCUT2D eigenvalue weighted by molar-refractivity contribution is 5.96. The molecular weight excluding hydrogens is 242 g/mol. The van der Waals surface area contributed by atoms with Crippen LogP contribution in [0.2, 0.25) is 0 Å². The SMILES string of the molecule is COc1ncccc1C(=O)N(CCN)C1CCCC1. The third-order valence-electron chi connectivity index (χ3n) is 3.59. The van der Waals surface area contributed by atoms with E-state index in [-0.39, 0.29) is 5.91 Å². The van der Waals surface area contributed by atoms with Crippen molar-refractivity contribution >= 4 is 5.91 Å². The van der Waals surface area contributed by atoms with Crippen molar-refractivity contribution in [3.8, 4) is 5.88 Å². The number of hydrogen-bond donors (Lipinski definition) is 1. The summed E-state index contributed by atoms with van der Waals surface area (Å²) in [5.41, 5.74) is 6.16. The maximum atomic E-state index is 12.7. The summed E-state index contributed by atoms with van der Waals surface area (Å²) in [6.07, 6.45) is 6.12. The Labute approximate surface area is 113 Å². The van der Waals surface area contributed by atoms with E-state index >= 15 is 0 Å². The average molecular weight is 263 g/mol. The number of aromatic nitrogens is 1. The van der Waals surface area contributed by atoms with E-state index in [9.17, 15) is 4.79 Å². The zero-order valence-corrected chi connectivity index (χ0v) is 11.3. The first kappa shape index (κ1) is 13.8. The normalized spacial score (nSPS) is 15.5. The van der Waals surface area contributed by atoms with Crippen LogP contribution in [0.3, 0.4) is 0 Å². The summed E-state index contributed by atoms with van der Waals surface area (Å²) < 4.78 is 5.17. The summed E-state index contributed by atoms with van der Waals surface area (Å²) in [6.45, 7) is 1.06. The fourth-order valence-electron chi connectivity index (χ4n) is 2.68. The standard InChI is InChI=1S/C14H21N3O2/c1-19-13-12(7-4-9-16-13)14(18)17(10-8-15)11-5-2-3-6-11/h4,7,9,11H,2-3,5-6,8,10,15H2,1H3. The second-order valence-corrected chi connectivity index (χ2v) is 4.79. The molecule has 1 amide bonds. The molecule has 104 valence electrons. The number of carbonyl (C=O) groups is 1. The predicted octanol–water partition coefficient (Wildman–Crippen LogP) is 1.43. The van der Waals surface area contributed by atoms with E-state index in [1.165, 1.54) is 20.0 Å². The van der Waals surface area contributed by atoms with Crippen molar-refractivity contribution in [2.45, 2.75) is 31.7 Å². The molecule has 1 saturated carbocycles. The summed E-state index contributed by atoms with van der Waals surface area (Å²) in [5, 5.41) is 0.